The van der Waals surface area contributed by atoms with E-state index in [1.807, 2.05) is 0 Å². The van der Waals surface area contributed by atoms with Crippen LogP contribution in [0.1, 0.15) is 0 Å². The van der Waals surface area contributed by atoms with Crippen LogP contribution < -0.4 is 0 Å². The smallest absolute Gasteiger partial charge is 0.324 e. The average molecular weight is 527 g/mol. The minimum Gasteiger partial charge on any atom is -0.324 e. The molecular formula is C10H2CdF12O4. The van der Waals surface area contributed by atoms with Crippen molar-refractivity contribution in [2.75, 3.05) is 0 Å². The number of Topliss-reactive ketones (excluding diaryl/α,β-unsaturated/α-hetero) is 4. The Hall–Kier alpha value is -1.50. The first kappa shape index (κ1) is 30.2. The maximum atomic E-state index is 11.3. The monoisotopic (exact) mass is 528 g/mol. The van der Waals surface area contributed by atoms with Crippen molar-refractivity contribution in [3.05, 3.63) is 12.8 Å². The number of alkyl halides is 12. The normalized spacial score (nSPS) is 12.0. The predicted octanol–water partition coefficient (Wildman–Crippen LogP) is 2.90. The Labute approximate surface area is 160 Å². The van der Waals surface area contributed by atoms with Crippen LogP contribution in [0.5, 0.6) is 0 Å². The van der Waals surface area contributed by atoms with Crippen LogP contribution in [-0.2, 0) is 46.5 Å². The van der Waals surface area contributed by atoms with Gasteiger partial charge in [0.15, 0.2) is 0 Å². The zero-order chi connectivity index (χ0) is 21.7. The van der Waals surface area contributed by atoms with Gasteiger partial charge < -0.3 is 19.2 Å². The van der Waals surface area contributed by atoms with E-state index in [0.717, 1.165) is 0 Å². The molecule has 0 radical (unpaired) electrons. The summed E-state index contributed by atoms with van der Waals surface area (Å²) >= 11 is 0. The van der Waals surface area contributed by atoms with Crippen molar-refractivity contribution in [2.45, 2.75) is 24.7 Å². The third-order valence-corrected chi connectivity index (χ3v) is 1.64. The summed E-state index contributed by atoms with van der Waals surface area (Å²) in [5, 5.41) is 0. The number of rotatable bonds is 4. The molecule has 0 spiro atoms. The fraction of sp³-hybridized carbons (Fsp3) is 0.400. The van der Waals surface area contributed by atoms with Gasteiger partial charge in [0.1, 0.15) is 23.1 Å². The molecule has 0 aromatic rings. The molecule has 0 aromatic heterocycles. The largest absolute Gasteiger partial charge is 2.00 e. The average Bonchev–Trinajstić information content (AvgIpc) is 2.34. The van der Waals surface area contributed by atoms with Gasteiger partial charge in [0.05, 0.1) is 0 Å². The maximum Gasteiger partial charge on any atom is 2.00 e. The van der Waals surface area contributed by atoms with Crippen molar-refractivity contribution in [1.29, 1.82) is 0 Å². The second kappa shape index (κ2) is 10.2. The van der Waals surface area contributed by atoms with Crippen LogP contribution in [0, 0.1) is 12.8 Å². The third-order valence-electron chi connectivity index (χ3n) is 1.64. The molecule has 0 saturated carbocycles. The zero-order valence-corrected chi connectivity index (χ0v) is 16.1. The maximum absolute atomic E-state index is 11.3. The molecule has 0 aliphatic carbocycles. The zero-order valence-electron chi connectivity index (χ0n) is 12.0. The summed E-state index contributed by atoms with van der Waals surface area (Å²) in [5.41, 5.74) is 0. The molecule has 0 saturated heterocycles. The van der Waals surface area contributed by atoms with E-state index in [1.54, 1.807) is 0 Å². The standard InChI is InChI=1S/2C5HF6O2.Cd/c2*6-4(7,8)2(12)1-3(13)5(9,10)11;/h2*1H;/q2*-1;+2. The molecule has 0 amide bonds. The van der Waals surface area contributed by atoms with E-state index in [4.69, 9.17) is 0 Å². The quantitative estimate of drug-likeness (QED) is 0.245. The number of carbonyl (C=O) groups is 4. The molecule has 27 heavy (non-hydrogen) atoms. The van der Waals surface area contributed by atoms with Crippen LogP contribution in [0.2, 0.25) is 0 Å². The molecule has 0 fully saturated rings. The molecule has 152 valence electrons. The number of ketones is 4. The molecule has 0 unspecified atom stereocenters. The summed E-state index contributed by atoms with van der Waals surface area (Å²) in [6.07, 6.45) is -23.9. The van der Waals surface area contributed by atoms with Gasteiger partial charge in [-0.3, -0.25) is 0 Å². The number of halogens is 12. The van der Waals surface area contributed by atoms with Gasteiger partial charge in [-0.2, -0.15) is 52.7 Å². The van der Waals surface area contributed by atoms with Gasteiger partial charge in [0.2, 0.25) is 0 Å². The second-order valence-electron chi connectivity index (χ2n) is 3.74. The Morgan fingerprint density at radius 2 is 0.519 bits per heavy atom. The first-order chi connectivity index (χ1) is 11.1. The van der Waals surface area contributed by atoms with Gasteiger partial charge >= 0.3 is 52.0 Å². The topological polar surface area (TPSA) is 68.3 Å². The Morgan fingerprint density at radius 1 is 0.407 bits per heavy atom. The minimum absolute atomic E-state index is 0. The van der Waals surface area contributed by atoms with Gasteiger partial charge in [-0.25, -0.2) is 12.8 Å². The van der Waals surface area contributed by atoms with E-state index in [0.29, 0.717) is 0 Å². The molecule has 0 aliphatic heterocycles. The van der Waals surface area contributed by atoms with Gasteiger partial charge in [-0.05, 0) is 0 Å². The summed E-state index contributed by atoms with van der Waals surface area (Å²) in [7, 11) is 0. The molecule has 4 nitrogen and oxygen atoms in total. The van der Waals surface area contributed by atoms with Crippen LogP contribution in [0.3, 0.4) is 0 Å². The van der Waals surface area contributed by atoms with Crippen molar-refractivity contribution in [2.24, 2.45) is 0 Å². The first-order valence-electron chi connectivity index (χ1n) is 5.24. The van der Waals surface area contributed by atoms with Crippen molar-refractivity contribution in [3.63, 3.8) is 0 Å². The van der Waals surface area contributed by atoms with Gasteiger partial charge in [0, 0.05) is 0 Å². The van der Waals surface area contributed by atoms with Crippen LogP contribution in [0.4, 0.5) is 52.7 Å². The Kier molecular flexibility index (Phi) is 11.4. The molecule has 0 bridgehead atoms. The van der Waals surface area contributed by atoms with Gasteiger partial charge in [-0.15, -0.1) is 0 Å². The molecule has 17 heteroatoms. The van der Waals surface area contributed by atoms with Crippen LogP contribution >= 0.6 is 0 Å². The van der Waals surface area contributed by atoms with Crippen LogP contribution in [-0.4, -0.2) is 47.8 Å². The van der Waals surface area contributed by atoms with Crippen LogP contribution in [0.25, 0.3) is 0 Å². The predicted molar refractivity (Wildman–Crippen MR) is 52.8 cm³/mol. The third kappa shape index (κ3) is 13.3. The number of hydrogen-bond acceptors (Lipinski definition) is 4. The molecule has 0 aromatic carbocycles. The molecule has 0 atom stereocenters. The van der Waals surface area contributed by atoms with Crippen LogP contribution in [0.15, 0.2) is 0 Å². The summed E-state index contributed by atoms with van der Waals surface area (Å²) in [5.74, 6) is -11.3. The SMILES string of the molecule is O=C([CH-]C(=O)C(F)(F)F)C(F)(F)F.O=C([CH-]C(=O)C(F)(F)F)C(F)(F)F.[Cd+2]. The van der Waals surface area contributed by atoms with E-state index in [2.05, 4.69) is 0 Å². The number of carbonyl (C=O) groups excluding carboxylic acids is 4. The second-order valence-corrected chi connectivity index (χ2v) is 3.74. The first-order valence-corrected chi connectivity index (χ1v) is 5.24. The van der Waals surface area contributed by atoms with Gasteiger partial charge in [-0.1, -0.05) is 0 Å². The fourth-order valence-corrected chi connectivity index (χ4v) is 0.565. The fourth-order valence-electron chi connectivity index (χ4n) is 0.565. The van der Waals surface area contributed by atoms with Crippen molar-refractivity contribution >= 4 is 23.1 Å². The van der Waals surface area contributed by atoms with E-state index < -0.39 is 60.7 Å². The van der Waals surface area contributed by atoms with Crippen molar-refractivity contribution in [3.8, 4) is 0 Å². The molecule has 0 aliphatic rings. The molecular weight excluding hydrogens is 524 g/mol. The van der Waals surface area contributed by atoms with E-state index in [9.17, 15) is 71.9 Å². The van der Waals surface area contributed by atoms with E-state index >= 15 is 0 Å². The summed E-state index contributed by atoms with van der Waals surface area (Å²) in [6.45, 7) is 0. The summed E-state index contributed by atoms with van der Waals surface area (Å²) < 4.78 is 136. The minimum atomic E-state index is -5.46. The molecule has 0 heterocycles. The van der Waals surface area contributed by atoms with E-state index in [1.165, 1.54) is 0 Å². The Balaban J connectivity index is -0.000000411. The van der Waals surface area contributed by atoms with Crippen molar-refractivity contribution < 1.29 is 99.2 Å². The Morgan fingerprint density at radius 3 is 0.593 bits per heavy atom. The Bertz CT molecular complexity index is 456. The van der Waals surface area contributed by atoms with E-state index in [-0.39, 0.29) is 27.3 Å². The number of hydrogen-bond donors (Lipinski definition) is 0. The van der Waals surface area contributed by atoms with Gasteiger partial charge in [0.25, 0.3) is 0 Å². The summed E-state index contributed by atoms with van der Waals surface area (Å²) in [6, 6.07) is 0. The molecule has 0 rings (SSSR count). The summed E-state index contributed by atoms with van der Waals surface area (Å²) in [4.78, 5) is 39.3. The molecule has 0 N–H and O–H groups in total. The van der Waals surface area contributed by atoms with Crippen molar-refractivity contribution in [1.82, 2.24) is 0 Å².